The van der Waals surface area contributed by atoms with Crippen molar-refractivity contribution in [1.82, 2.24) is 15.0 Å². The van der Waals surface area contributed by atoms with Crippen LogP contribution in [0.5, 0.6) is 0 Å². The van der Waals surface area contributed by atoms with Crippen molar-refractivity contribution in [2.24, 2.45) is 5.92 Å². The molecule has 29 heavy (non-hydrogen) atoms. The average molecular weight is 433 g/mol. The third-order valence-electron chi connectivity index (χ3n) is 4.26. The third-order valence-corrected chi connectivity index (χ3v) is 4.80. The number of pyridine rings is 1. The van der Waals surface area contributed by atoms with Gasteiger partial charge >= 0.3 is 0 Å². The Kier molecular flexibility index (Phi) is 7.09. The van der Waals surface area contributed by atoms with Crippen molar-refractivity contribution >= 4 is 40.7 Å². The van der Waals surface area contributed by atoms with Crippen LogP contribution in [0.15, 0.2) is 48.8 Å². The van der Waals surface area contributed by atoms with Crippen LogP contribution in [0.3, 0.4) is 0 Å². The van der Waals surface area contributed by atoms with Gasteiger partial charge in [-0.3, -0.25) is 15.8 Å². The largest absolute Gasteiger partial charge is 0.394 e. The molecule has 152 valence electrons. The summed E-state index contributed by atoms with van der Waals surface area (Å²) in [5.74, 6) is 1.12. The van der Waals surface area contributed by atoms with Gasteiger partial charge in [0.05, 0.1) is 29.1 Å². The molecule has 0 saturated carbocycles. The predicted molar refractivity (Wildman–Crippen MR) is 118 cm³/mol. The molecule has 0 spiro atoms. The Balaban J connectivity index is 1.89. The molecule has 7 nitrogen and oxygen atoms in total. The lowest BCUT2D eigenvalue weighted by Crippen LogP contribution is -2.30. The highest BCUT2D eigenvalue weighted by atomic mass is 35.5. The maximum atomic E-state index is 9.64. The van der Waals surface area contributed by atoms with Gasteiger partial charge in [0, 0.05) is 29.0 Å². The lowest BCUT2D eigenvalue weighted by atomic mass is 10.1. The third kappa shape index (κ3) is 5.69. The molecule has 0 aliphatic heterocycles. The summed E-state index contributed by atoms with van der Waals surface area (Å²) in [5, 5.41) is 13.9. The molecule has 0 fully saturated rings. The van der Waals surface area contributed by atoms with E-state index < -0.39 is 0 Å². The SMILES string of the molecule is CC(C)[C@H](CO)Nc1nc(NNc2ccc(Cl)cc2Cl)cc(-c2cccnc2)n1. The zero-order chi connectivity index (χ0) is 20.8. The Hall–Kier alpha value is -2.61. The summed E-state index contributed by atoms with van der Waals surface area (Å²) in [7, 11) is 0. The van der Waals surface area contributed by atoms with Crippen LogP contribution in [-0.4, -0.2) is 32.7 Å². The van der Waals surface area contributed by atoms with Gasteiger partial charge in [-0.1, -0.05) is 37.0 Å². The van der Waals surface area contributed by atoms with Gasteiger partial charge in [-0.2, -0.15) is 4.98 Å². The highest BCUT2D eigenvalue weighted by Gasteiger charge is 2.15. The zero-order valence-corrected chi connectivity index (χ0v) is 17.5. The van der Waals surface area contributed by atoms with E-state index in [1.54, 1.807) is 36.7 Å². The fraction of sp³-hybridized carbons (Fsp3) is 0.250. The summed E-state index contributed by atoms with van der Waals surface area (Å²) in [6, 6.07) is 10.5. The molecule has 9 heteroatoms. The summed E-state index contributed by atoms with van der Waals surface area (Å²) >= 11 is 12.2. The van der Waals surface area contributed by atoms with Crippen molar-refractivity contribution in [2.45, 2.75) is 19.9 Å². The van der Waals surface area contributed by atoms with Crippen LogP contribution in [0.25, 0.3) is 11.3 Å². The number of anilines is 3. The molecule has 0 saturated heterocycles. The number of aromatic nitrogens is 3. The molecule has 1 atom stereocenters. The number of aliphatic hydroxyl groups excluding tert-OH is 1. The summed E-state index contributed by atoms with van der Waals surface area (Å²) in [5.41, 5.74) is 8.25. The minimum Gasteiger partial charge on any atom is -0.394 e. The smallest absolute Gasteiger partial charge is 0.225 e. The normalized spacial score (nSPS) is 11.9. The fourth-order valence-corrected chi connectivity index (χ4v) is 3.00. The second-order valence-corrected chi connectivity index (χ2v) is 7.60. The molecule has 0 aliphatic rings. The molecule has 3 aromatic rings. The van der Waals surface area contributed by atoms with Gasteiger partial charge in [0.1, 0.15) is 0 Å². The second-order valence-electron chi connectivity index (χ2n) is 6.76. The number of hydrogen-bond donors (Lipinski definition) is 4. The summed E-state index contributed by atoms with van der Waals surface area (Å²) < 4.78 is 0. The standard InChI is InChI=1S/C20H22Cl2N6O/c1-12(2)18(11-29)25-20-24-17(13-4-3-7-23-10-13)9-19(26-20)28-27-16-6-5-14(21)8-15(16)22/h3-10,12,18,27,29H,11H2,1-2H3,(H2,24,25,26,28)/t18-/m0/s1. The number of nitrogens with one attached hydrogen (secondary N) is 3. The van der Waals surface area contributed by atoms with Crippen LogP contribution in [0, 0.1) is 5.92 Å². The van der Waals surface area contributed by atoms with E-state index in [1.165, 1.54) is 0 Å². The summed E-state index contributed by atoms with van der Waals surface area (Å²) in [4.78, 5) is 13.2. The maximum absolute atomic E-state index is 9.64. The van der Waals surface area contributed by atoms with Crippen molar-refractivity contribution in [3.8, 4) is 11.3 Å². The molecule has 4 N–H and O–H groups in total. The minimum absolute atomic E-state index is 0.0282. The van der Waals surface area contributed by atoms with Crippen molar-refractivity contribution in [3.05, 3.63) is 58.8 Å². The number of aliphatic hydroxyl groups is 1. The second kappa shape index (κ2) is 9.73. The Morgan fingerprint density at radius 1 is 1.07 bits per heavy atom. The number of hydrazine groups is 1. The van der Waals surface area contributed by atoms with Crippen molar-refractivity contribution in [2.75, 3.05) is 22.8 Å². The molecule has 0 aliphatic carbocycles. The van der Waals surface area contributed by atoms with Gasteiger partial charge in [-0.25, -0.2) is 4.98 Å². The highest BCUT2D eigenvalue weighted by Crippen LogP contribution is 2.26. The molecule has 0 amide bonds. The molecule has 1 aromatic carbocycles. The molecule has 3 rings (SSSR count). The van der Waals surface area contributed by atoms with Crippen LogP contribution >= 0.6 is 23.2 Å². The van der Waals surface area contributed by atoms with Gasteiger partial charge in [0.15, 0.2) is 5.82 Å². The number of halogens is 2. The summed E-state index contributed by atoms with van der Waals surface area (Å²) in [6.07, 6.45) is 3.43. The predicted octanol–water partition coefficient (Wildman–Crippen LogP) is 4.71. The van der Waals surface area contributed by atoms with Gasteiger partial charge in [0.2, 0.25) is 5.95 Å². The molecule has 2 heterocycles. The minimum atomic E-state index is -0.175. The van der Waals surface area contributed by atoms with E-state index in [-0.39, 0.29) is 18.6 Å². The van der Waals surface area contributed by atoms with Crippen LogP contribution in [0.2, 0.25) is 10.0 Å². The van der Waals surface area contributed by atoms with E-state index in [0.29, 0.717) is 33.2 Å². The van der Waals surface area contributed by atoms with Crippen LogP contribution in [-0.2, 0) is 0 Å². The molecular formula is C20H22Cl2N6O. The number of nitrogens with zero attached hydrogens (tertiary/aromatic N) is 3. The van der Waals surface area contributed by atoms with Crippen LogP contribution in [0.1, 0.15) is 13.8 Å². The topological polar surface area (TPSA) is 95.0 Å². The van der Waals surface area contributed by atoms with Crippen LogP contribution < -0.4 is 16.2 Å². The van der Waals surface area contributed by atoms with E-state index in [4.69, 9.17) is 23.2 Å². The fourth-order valence-electron chi connectivity index (χ4n) is 2.55. The van der Waals surface area contributed by atoms with Gasteiger partial charge in [0.25, 0.3) is 0 Å². The Morgan fingerprint density at radius 3 is 2.55 bits per heavy atom. The van der Waals surface area contributed by atoms with E-state index in [1.807, 2.05) is 26.0 Å². The zero-order valence-electron chi connectivity index (χ0n) is 16.0. The van der Waals surface area contributed by atoms with E-state index >= 15 is 0 Å². The number of benzene rings is 1. The molecule has 0 unspecified atom stereocenters. The van der Waals surface area contributed by atoms with Crippen molar-refractivity contribution < 1.29 is 5.11 Å². The first-order valence-electron chi connectivity index (χ1n) is 9.10. The molecule has 2 aromatic heterocycles. The van der Waals surface area contributed by atoms with Crippen LogP contribution in [0.4, 0.5) is 17.5 Å². The van der Waals surface area contributed by atoms with Gasteiger partial charge in [-0.05, 0) is 36.2 Å². The average Bonchev–Trinajstić information content (AvgIpc) is 2.71. The highest BCUT2D eigenvalue weighted by molar-refractivity contribution is 6.36. The molecular weight excluding hydrogens is 411 g/mol. The lowest BCUT2D eigenvalue weighted by molar-refractivity contribution is 0.248. The van der Waals surface area contributed by atoms with Crippen molar-refractivity contribution in [3.63, 3.8) is 0 Å². The lowest BCUT2D eigenvalue weighted by Gasteiger charge is -2.21. The Labute approximate surface area is 179 Å². The van der Waals surface area contributed by atoms with Gasteiger partial charge in [-0.15, -0.1) is 0 Å². The van der Waals surface area contributed by atoms with E-state index in [0.717, 1.165) is 5.56 Å². The van der Waals surface area contributed by atoms with Gasteiger partial charge < -0.3 is 10.4 Å². The molecule has 0 bridgehead atoms. The first-order valence-corrected chi connectivity index (χ1v) is 9.86. The van der Waals surface area contributed by atoms with E-state index in [9.17, 15) is 5.11 Å². The Morgan fingerprint density at radius 2 is 1.90 bits per heavy atom. The number of rotatable bonds is 8. The monoisotopic (exact) mass is 432 g/mol. The maximum Gasteiger partial charge on any atom is 0.225 e. The number of hydrogen-bond acceptors (Lipinski definition) is 7. The van der Waals surface area contributed by atoms with E-state index in [2.05, 4.69) is 31.1 Å². The van der Waals surface area contributed by atoms with Crippen molar-refractivity contribution in [1.29, 1.82) is 0 Å². The Bertz CT molecular complexity index is 955. The first-order chi connectivity index (χ1) is 14.0. The summed E-state index contributed by atoms with van der Waals surface area (Å²) in [6.45, 7) is 4.00. The first kappa shape index (κ1) is 21.1. The quantitative estimate of drug-likeness (QED) is 0.382. The molecule has 0 radical (unpaired) electrons.